The van der Waals surface area contributed by atoms with Crippen molar-refractivity contribution in [3.63, 3.8) is 0 Å². The van der Waals surface area contributed by atoms with Gasteiger partial charge in [0.1, 0.15) is 5.75 Å². The van der Waals surface area contributed by atoms with Gasteiger partial charge in [0.05, 0.1) is 5.56 Å². The number of aryl methyl sites for hydroxylation is 1. The third-order valence-corrected chi connectivity index (χ3v) is 4.01. The van der Waals surface area contributed by atoms with Crippen LogP contribution in [0.2, 0.25) is 0 Å². The van der Waals surface area contributed by atoms with Crippen molar-refractivity contribution in [1.82, 2.24) is 5.32 Å². The van der Waals surface area contributed by atoms with Crippen molar-refractivity contribution in [3.8, 4) is 5.75 Å². The maximum atomic E-state index is 12.2. The number of para-hydroxylation sites is 1. The van der Waals surface area contributed by atoms with E-state index in [-0.39, 0.29) is 17.7 Å². The standard InChI is InChI=1S/C15H22N2O2/c1-10-5-4-7-12(14(10)18)15(19)17-13-8-3-2-6-11(13)9-16/h4-5,7,11,13,18H,2-3,6,8-9,16H2,1H3,(H,17,19). The summed E-state index contributed by atoms with van der Waals surface area (Å²) >= 11 is 0. The first kappa shape index (κ1) is 13.9. The predicted octanol–water partition coefficient (Wildman–Crippen LogP) is 1.95. The van der Waals surface area contributed by atoms with Gasteiger partial charge >= 0.3 is 0 Å². The molecule has 0 saturated heterocycles. The number of nitrogens with one attached hydrogen (secondary N) is 1. The first-order chi connectivity index (χ1) is 9.13. The van der Waals surface area contributed by atoms with Gasteiger partial charge in [0.25, 0.3) is 5.91 Å². The molecule has 2 atom stereocenters. The molecule has 19 heavy (non-hydrogen) atoms. The van der Waals surface area contributed by atoms with Gasteiger partial charge < -0.3 is 16.2 Å². The molecule has 0 bridgehead atoms. The minimum Gasteiger partial charge on any atom is -0.507 e. The second-order valence-electron chi connectivity index (χ2n) is 5.33. The predicted molar refractivity (Wildman–Crippen MR) is 75.1 cm³/mol. The van der Waals surface area contributed by atoms with Gasteiger partial charge in [0, 0.05) is 6.04 Å². The lowest BCUT2D eigenvalue weighted by Crippen LogP contribution is -2.44. The molecule has 4 nitrogen and oxygen atoms in total. The number of carbonyl (C=O) groups excluding carboxylic acids is 1. The molecule has 1 saturated carbocycles. The SMILES string of the molecule is Cc1cccc(C(=O)NC2CCCCC2CN)c1O. The maximum Gasteiger partial charge on any atom is 0.255 e. The number of carbonyl (C=O) groups is 1. The molecular formula is C15H22N2O2. The monoisotopic (exact) mass is 262 g/mol. The van der Waals surface area contributed by atoms with E-state index in [0.717, 1.165) is 19.3 Å². The van der Waals surface area contributed by atoms with Gasteiger partial charge in [-0.25, -0.2) is 0 Å². The van der Waals surface area contributed by atoms with Crippen LogP contribution in [0.5, 0.6) is 5.75 Å². The average molecular weight is 262 g/mol. The Morgan fingerprint density at radius 2 is 2.16 bits per heavy atom. The van der Waals surface area contributed by atoms with E-state index in [2.05, 4.69) is 5.32 Å². The highest BCUT2D eigenvalue weighted by molar-refractivity contribution is 5.97. The number of phenols is 1. The van der Waals surface area contributed by atoms with E-state index >= 15 is 0 Å². The van der Waals surface area contributed by atoms with Crippen molar-refractivity contribution < 1.29 is 9.90 Å². The van der Waals surface area contributed by atoms with Crippen LogP contribution in [0.25, 0.3) is 0 Å². The number of amides is 1. The fraction of sp³-hybridized carbons (Fsp3) is 0.533. The molecule has 1 aromatic rings. The molecule has 1 aliphatic carbocycles. The summed E-state index contributed by atoms with van der Waals surface area (Å²) in [6, 6.07) is 5.35. The molecule has 0 spiro atoms. The van der Waals surface area contributed by atoms with Crippen LogP contribution >= 0.6 is 0 Å². The van der Waals surface area contributed by atoms with Gasteiger partial charge in [0.2, 0.25) is 0 Å². The van der Waals surface area contributed by atoms with E-state index < -0.39 is 0 Å². The summed E-state index contributed by atoms with van der Waals surface area (Å²) in [6.45, 7) is 2.39. The zero-order valence-corrected chi connectivity index (χ0v) is 11.4. The van der Waals surface area contributed by atoms with Crippen molar-refractivity contribution in [1.29, 1.82) is 0 Å². The lowest BCUT2D eigenvalue weighted by Gasteiger charge is -2.31. The highest BCUT2D eigenvalue weighted by atomic mass is 16.3. The van der Waals surface area contributed by atoms with E-state index in [1.807, 2.05) is 0 Å². The van der Waals surface area contributed by atoms with Gasteiger partial charge in [-0.05, 0) is 43.9 Å². The van der Waals surface area contributed by atoms with Gasteiger partial charge in [-0.3, -0.25) is 4.79 Å². The molecule has 4 heteroatoms. The lowest BCUT2D eigenvalue weighted by molar-refractivity contribution is 0.0905. The normalized spacial score (nSPS) is 23.1. The fourth-order valence-electron chi connectivity index (χ4n) is 2.77. The highest BCUT2D eigenvalue weighted by Gasteiger charge is 2.26. The Labute approximate surface area is 114 Å². The van der Waals surface area contributed by atoms with Crippen molar-refractivity contribution in [2.75, 3.05) is 6.54 Å². The van der Waals surface area contributed by atoms with Crippen LogP contribution < -0.4 is 11.1 Å². The van der Waals surface area contributed by atoms with Crippen LogP contribution in [0.3, 0.4) is 0 Å². The molecule has 1 aliphatic rings. The Morgan fingerprint density at radius 1 is 1.42 bits per heavy atom. The Balaban J connectivity index is 2.09. The molecule has 0 radical (unpaired) electrons. The van der Waals surface area contributed by atoms with Gasteiger partial charge in [-0.1, -0.05) is 25.0 Å². The minimum atomic E-state index is -0.202. The maximum absolute atomic E-state index is 12.2. The molecular weight excluding hydrogens is 240 g/mol. The highest BCUT2D eigenvalue weighted by Crippen LogP contribution is 2.25. The van der Waals surface area contributed by atoms with Crippen LogP contribution in [0.4, 0.5) is 0 Å². The van der Waals surface area contributed by atoms with E-state index in [4.69, 9.17) is 5.73 Å². The van der Waals surface area contributed by atoms with E-state index in [0.29, 0.717) is 23.6 Å². The quantitative estimate of drug-likeness (QED) is 0.779. The first-order valence-corrected chi connectivity index (χ1v) is 6.93. The summed E-state index contributed by atoms with van der Waals surface area (Å²) in [5.41, 5.74) is 6.82. The molecule has 104 valence electrons. The second-order valence-corrected chi connectivity index (χ2v) is 5.33. The summed E-state index contributed by atoms with van der Waals surface area (Å²) in [7, 11) is 0. The molecule has 2 unspecified atom stereocenters. The fourth-order valence-corrected chi connectivity index (χ4v) is 2.77. The molecule has 0 heterocycles. The van der Waals surface area contributed by atoms with Crippen molar-refractivity contribution in [2.24, 2.45) is 11.7 Å². The number of rotatable bonds is 3. The smallest absolute Gasteiger partial charge is 0.255 e. The Hall–Kier alpha value is -1.55. The molecule has 1 aromatic carbocycles. The summed E-state index contributed by atoms with van der Waals surface area (Å²) in [5, 5.41) is 13.0. The molecule has 1 amide bonds. The zero-order chi connectivity index (χ0) is 13.8. The number of hydrogen-bond acceptors (Lipinski definition) is 3. The van der Waals surface area contributed by atoms with Crippen molar-refractivity contribution >= 4 is 5.91 Å². The van der Waals surface area contributed by atoms with Gasteiger partial charge in [-0.15, -0.1) is 0 Å². The third kappa shape index (κ3) is 3.07. The summed E-state index contributed by atoms with van der Waals surface area (Å²) in [5.74, 6) is 0.219. The molecule has 0 aliphatic heterocycles. The molecule has 1 fully saturated rings. The van der Waals surface area contributed by atoms with E-state index in [9.17, 15) is 9.90 Å². The Kier molecular flexibility index (Phi) is 4.43. The molecule has 4 N–H and O–H groups in total. The summed E-state index contributed by atoms with van der Waals surface area (Å²) in [6.07, 6.45) is 4.35. The summed E-state index contributed by atoms with van der Waals surface area (Å²) in [4.78, 5) is 12.2. The Morgan fingerprint density at radius 3 is 2.89 bits per heavy atom. The van der Waals surface area contributed by atoms with Crippen molar-refractivity contribution in [3.05, 3.63) is 29.3 Å². The van der Waals surface area contributed by atoms with Gasteiger partial charge in [0.15, 0.2) is 0 Å². The Bertz CT molecular complexity index is 459. The number of aromatic hydroxyl groups is 1. The average Bonchev–Trinajstić information content (AvgIpc) is 2.42. The topological polar surface area (TPSA) is 75.4 Å². The lowest BCUT2D eigenvalue weighted by atomic mass is 9.84. The summed E-state index contributed by atoms with van der Waals surface area (Å²) < 4.78 is 0. The third-order valence-electron chi connectivity index (χ3n) is 4.01. The van der Waals surface area contributed by atoms with Crippen LogP contribution in [0.1, 0.15) is 41.6 Å². The van der Waals surface area contributed by atoms with Crippen LogP contribution in [0, 0.1) is 12.8 Å². The zero-order valence-electron chi connectivity index (χ0n) is 11.4. The number of hydrogen-bond donors (Lipinski definition) is 3. The van der Waals surface area contributed by atoms with Gasteiger partial charge in [-0.2, -0.15) is 0 Å². The number of nitrogens with two attached hydrogens (primary N) is 1. The van der Waals surface area contributed by atoms with E-state index in [1.54, 1.807) is 25.1 Å². The first-order valence-electron chi connectivity index (χ1n) is 6.93. The minimum absolute atomic E-state index is 0.0695. The molecule has 0 aromatic heterocycles. The van der Waals surface area contributed by atoms with Crippen LogP contribution in [-0.4, -0.2) is 23.6 Å². The number of benzene rings is 1. The second kappa shape index (κ2) is 6.06. The van der Waals surface area contributed by atoms with Crippen LogP contribution in [0.15, 0.2) is 18.2 Å². The van der Waals surface area contributed by atoms with E-state index in [1.165, 1.54) is 6.42 Å². The van der Waals surface area contributed by atoms with Crippen molar-refractivity contribution in [2.45, 2.75) is 38.6 Å². The van der Waals surface area contributed by atoms with Crippen LogP contribution in [-0.2, 0) is 0 Å². The largest absolute Gasteiger partial charge is 0.507 e. The molecule has 2 rings (SSSR count). The number of phenolic OH excluding ortho intramolecular Hbond substituents is 1.